The Morgan fingerprint density at radius 1 is 1.26 bits per heavy atom. The van der Waals surface area contributed by atoms with E-state index in [9.17, 15) is 4.79 Å². The number of rotatable bonds is 7. The number of fused-ring (bicyclic) bond motifs is 2. The highest BCUT2D eigenvalue weighted by atomic mass is 16.5. The lowest BCUT2D eigenvalue weighted by Gasteiger charge is -2.51. The van der Waals surface area contributed by atoms with Gasteiger partial charge in [0.2, 0.25) is 0 Å². The van der Waals surface area contributed by atoms with Gasteiger partial charge in [0.25, 0.3) is 5.91 Å². The van der Waals surface area contributed by atoms with E-state index in [1.807, 2.05) is 30.9 Å². The van der Waals surface area contributed by atoms with Crippen LogP contribution >= 0.6 is 0 Å². The van der Waals surface area contributed by atoms with Crippen molar-refractivity contribution < 1.29 is 13.9 Å². The summed E-state index contributed by atoms with van der Waals surface area (Å²) < 4.78 is 11.3. The summed E-state index contributed by atoms with van der Waals surface area (Å²) in [6, 6.07) is 12.6. The van der Waals surface area contributed by atoms with Crippen LogP contribution in [0.2, 0.25) is 0 Å². The number of hydrogen-bond acceptors (Lipinski definition) is 4. The molecule has 1 N–H and O–H groups in total. The van der Waals surface area contributed by atoms with Crippen molar-refractivity contribution in [1.29, 1.82) is 0 Å². The van der Waals surface area contributed by atoms with Gasteiger partial charge in [0, 0.05) is 30.7 Å². The van der Waals surface area contributed by atoms with E-state index in [-0.39, 0.29) is 11.3 Å². The van der Waals surface area contributed by atoms with Crippen molar-refractivity contribution in [3.63, 3.8) is 0 Å². The number of H-pyrrole nitrogens is 1. The maximum Gasteiger partial charge on any atom is 0.270 e. The molecule has 2 unspecified atom stereocenters. The molecular formula is C29H37N3O3. The van der Waals surface area contributed by atoms with Gasteiger partial charge in [-0.05, 0) is 93.5 Å². The third-order valence-electron chi connectivity index (χ3n) is 8.41. The molecule has 0 saturated carbocycles. The molecule has 1 fully saturated rings. The van der Waals surface area contributed by atoms with Crippen molar-refractivity contribution in [1.82, 2.24) is 14.8 Å². The smallest absolute Gasteiger partial charge is 0.270 e. The number of carbonyl (C=O) groups is 1. The van der Waals surface area contributed by atoms with Crippen LogP contribution in [-0.4, -0.2) is 54.0 Å². The molecule has 0 bridgehead atoms. The van der Waals surface area contributed by atoms with E-state index in [1.54, 1.807) is 13.4 Å². The van der Waals surface area contributed by atoms with Crippen LogP contribution in [0.3, 0.4) is 0 Å². The van der Waals surface area contributed by atoms with E-state index in [2.05, 4.69) is 41.1 Å². The average Bonchev–Trinajstić information content (AvgIpc) is 3.51. The molecule has 1 aromatic carbocycles. The number of carbonyl (C=O) groups excluding carboxylic acids is 1. The molecule has 5 rings (SSSR count). The van der Waals surface area contributed by atoms with Crippen LogP contribution in [0.25, 0.3) is 0 Å². The summed E-state index contributed by atoms with van der Waals surface area (Å²) in [5.74, 6) is 2.47. The first-order chi connectivity index (χ1) is 17.0. The van der Waals surface area contributed by atoms with Crippen LogP contribution in [0, 0.1) is 12.8 Å². The van der Waals surface area contributed by atoms with E-state index in [0.29, 0.717) is 5.92 Å². The Morgan fingerprint density at radius 3 is 2.80 bits per heavy atom. The molecule has 35 heavy (non-hydrogen) atoms. The molecule has 3 heterocycles. The van der Waals surface area contributed by atoms with E-state index >= 15 is 0 Å². The van der Waals surface area contributed by atoms with E-state index < -0.39 is 0 Å². The molecule has 1 saturated heterocycles. The predicted octanol–water partition coefficient (Wildman–Crippen LogP) is 4.97. The largest absolute Gasteiger partial charge is 0.497 e. The highest BCUT2D eigenvalue weighted by molar-refractivity contribution is 5.94. The third kappa shape index (κ3) is 4.18. The van der Waals surface area contributed by atoms with Gasteiger partial charge in [-0.3, -0.25) is 9.69 Å². The molecule has 1 aliphatic carbocycles. The maximum absolute atomic E-state index is 13.3. The second-order valence-corrected chi connectivity index (χ2v) is 10.1. The van der Waals surface area contributed by atoms with Gasteiger partial charge >= 0.3 is 0 Å². The van der Waals surface area contributed by atoms with Gasteiger partial charge in [-0.25, -0.2) is 0 Å². The Hall–Kier alpha value is -2.99. The van der Waals surface area contributed by atoms with Crippen LogP contribution < -0.4 is 4.74 Å². The zero-order valence-corrected chi connectivity index (χ0v) is 21.4. The van der Waals surface area contributed by atoms with Gasteiger partial charge in [0.05, 0.1) is 19.9 Å². The minimum atomic E-state index is 0.00795. The Kier molecular flexibility index (Phi) is 6.49. The van der Waals surface area contributed by atoms with Crippen molar-refractivity contribution in [2.75, 3.05) is 33.3 Å². The van der Waals surface area contributed by atoms with Gasteiger partial charge in [-0.1, -0.05) is 12.1 Å². The number of aromatic nitrogens is 1. The Balaban J connectivity index is 1.53. The first-order valence-electron chi connectivity index (χ1n) is 12.9. The van der Waals surface area contributed by atoms with Crippen LogP contribution in [0.15, 0.2) is 47.1 Å². The molecule has 3 aromatic rings. The second-order valence-electron chi connectivity index (χ2n) is 10.1. The number of amides is 1. The molecule has 2 aliphatic rings. The number of furan rings is 1. The van der Waals surface area contributed by atoms with Gasteiger partial charge in [0.1, 0.15) is 17.2 Å². The lowest BCUT2D eigenvalue weighted by Crippen LogP contribution is -2.53. The fourth-order valence-corrected chi connectivity index (χ4v) is 6.38. The number of aromatic amines is 1. The summed E-state index contributed by atoms with van der Waals surface area (Å²) >= 11 is 0. The third-order valence-corrected chi connectivity index (χ3v) is 8.41. The van der Waals surface area contributed by atoms with Gasteiger partial charge in [-0.15, -0.1) is 0 Å². The van der Waals surface area contributed by atoms with Crippen molar-refractivity contribution in [3.8, 4) is 5.75 Å². The quantitative estimate of drug-likeness (QED) is 0.524. The number of likely N-dealkylation sites (tertiary alicyclic amines) is 1. The molecule has 0 spiro atoms. The van der Waals surface area contributed by atoms with E-state index in [4.69, 9.17) is 9.15 Å². The van der Waals surface area contributed by atoms with Crippen molar-refractivity contribution in [2.45, 2.75) is 52.0 Å². The fraction of sp³-hybridized carbons (Fsp3) is 0.483. The van der Waals surface area contributed by atoms with Gasteiger partial charge in [-0.2, -0.15) is 0 Å². The number of piperidine rings is 1. The standard InChI is InChI=1S/C29H37N3O3/c1-5-32(6-2)28(33)27-20(3)25-16-22-18-31(19-24-11-8-14-35-24)13-12-29(22,17-26(25)30-27)21-9-7-10-23(15-21)34-4/h7-11,14-15,22,30H,5-6,12-13,16-19H2,1-4H3. The highest BCUT2D eigenvalue weighted by Crippen LogP contribution is 2.49. The molecule has 0 radical (unpaired) electrons. The topological polar surface area (TPSA) is 61.7 Å². The molecule has 6 nitrogen and oxygen atoms in total. The average molecular weight is 476 g/mol. The zero-order chi connectivity index (χ0) is 24.6. The van der Waals surface area contributed by atoms with E-state index in [1.165, 1.54) is 16.8 Å². The normalized spacial score (nSPS) is 21.9. The monoisotopic (exact) mass is 475 g/mol. The summed E-state index contributed by atoms with van der Waals surface area (Å²) in [6.07, 6.45) is 4.70. The second kappa shape index (κ2) is 9.57. The molecular weight excluding hydrogens is 438 g/mol. The molecule has 2 aromatic heterocycles. The minimum Gasteiger partial charge on any atom is -0.497 e. The molecule has 6 heteroatoms. The summed E-state index contributed by atoms with van der Waals surface area (Å²) in [7, 11) is 1.73. The number of nitrogens with one attached hydrogen (secondary N) is 1. The first-order valence-corrected chi connectivity index (χ1v) is 12.9. The predicted molar refractivity (Wildman–Crippen MR) is 137 cm³/mol. The van der Waals surface area contributed by atoms with Crippen LogP contribution in [-0.2, 0) is 24.8 Å². The number of ether oxygens (including phenoxy) is 1. The summed E-state index contributed by atoms with van der Waals surface area (Å²) in [6.45, 7) is 10.5. The number of benzene rings is 1. The maximum atomic E-state index is 13.3. The Labute approximate surface area is 208 Å². The lowest BCUT2D eigenvalue weighted by molar-refractivity contribution is 0.0715. The highest BCUT2D eigenvalue weighted by Gasteiger charge is 2.48. The number of nitrogens with zero attached hydrogens (tertiary/aromatic N) is 2. The molecule has 1 aliphatic heterocycles. The fourth-order valence-electron chi connectivity index (χ4n) is 6.38. The SMILES string of the molecule is CCN(CC)C(=O)c1[nH]c2c(c1C)CC1CN(Cc3ccco3)CCC1(c1cccc(OC)c1)C2. The minimum absolute atomic E-state index is 0.00795. The van der Waals surface area contributed by atoms with Crippen LogP contribution in [0.1, 0.15) is 58.9 Å². The van der Waals surface area contributed by atoms with E-state index in [0.717, 1.165) is 74.8 Å². The lowest BCUT2D eigenvalue weighted by atomic mass is 9.58. The van der Waals surface area contributed by atoms with Gasteiger partial charge in [0.15, 0.2) is 0 Å². The van der Waals surface area contributed by atoms with Crippen LogP contribution in [0.4, 0.5) is 0 Å². The molecule has 1 amide bonds. The van der Waals surface area contributed by atoms with Crippen molar-refractivity contribution in [2.24, 2.45) is 5.92 Å². The number of hydrogen-bond donors (Lipinski definition) is 1. The zero-order valence-electron chi connectivity index (χ0n) is 21.4. The summed E-state index contributed by atoms with van der Waals surface area (Å²) in [5.41, 5.74) is 5.81. The van der Waals surface area contributed by atoms with Gasteiger partial charge < -0.3 is 19.0 Å². The molecule has 186 valence electrons. The van der Waals surface area contributed by atoms with Crippen LogP contribution in [0.5, 0.6) is 5.75 Å². The Bertz CT molecular complexity index is 1180. The van der Waals surface area contributed by atoms with Crippen molar-refractivity contribution in [3.05, 3.63) is 76.5 Å². The summed E-state index contributed by atoms with van der Waals surface area (Å²) in [5, 5.41) is 0. The first kappa shape index (κ1) is 23.7. The molecule has 2 atom stereocenters. The Morgan fingerprint density at radius 2 is 2.09 bits per heavy atom. The van der Waals surface area contributed by atoms with Crippen molar-refractivity contribution >= 4 is 5.91 Å². The number of methoxy groups -OCH3 is 1. The summed E-state index contributed by atoms with van der Waals surface area (Å²) in [4.78, 5) is 21.3.